The van der Waals surface area contributed by atoms with E-state index in [1.54, 1.807) is 11.3 Å². The monoisotopic (exact) mass is 325 g/mol. The summed E-state index contributed by atoms with van der Waals surface area (Å²) >= 11 is 4.97. The smallest absolute Gasteiger partial charge is 0.304 e. The molecule has 2 aromatic rings. The van der Waals surface area contributed by atoms with Gasteiger partial charge in [-0.2, -0.15) is 0 Å². The molecule has 0 saturated heterocycles. The van der Waals surface area contributed by atoms with Gasteiger partial charge < -0.3 is 5.11 Å². The maximum atomic E-state index is 10.7. The van der Waals surface area contributed by atoms with Gasteiger partial charge in [0.15, 0.2) is 0 Å². The summed E-state index contributed by atoms with van der Waals surface area (Å²) in [6, 6.07) is 7.92. The SMILES string of the molecule is CC(CC(=O)O)c1csc(-c2cccc(Br)c2)n1. The van der Waals surface area contributed by atoms with Crippen LogP contribution in [-0.4, -0.2) is 16.1 Å². The zero-order chi connectivity index (χ0) is 13.1. The van der Waals surface area contributed by atoms with Crippen LogP contribution in [0.4, 0.5) is 0 Å². The second kappa shape index (κ2) is 5.63. The molecule has 3 nitrogen and oxygen atoms in total. The number of aromatic nitrogens is 1. The van der Waals surface area contributed by atoms with Gasteiger partial charge in [0.25, 0.3) is 0 Å². The summed E-state index contributed by atoms with van der Waals surface area (Å²) in [4.78, 5) is 15.2. The van der Waals surface area contributed by atoms with Crippen molar-refractivity contribution in [3.8, 4) is 10.6 Å². The van der Waals surface area contributed by atoms with Crippen LogP contribution >= 0.6 is 27.3 Å². The van der Waals surface area contributed by atoms with Crippen molar-refractivity contribution in [3.63, 3.8) is 0 Å². The lowest BCUT2D eigenvalue weighted by Crippen LogP contribution is -2.02. The molecular formula is C13H12BrNO2S. The van der Waals surface area contributed by atoms with E-state index in [1.807, 2.05) is 36.6 Å². The van der Waals surface area contributed by atoms with Gasteiger partial charge in [-0.15, -0.1) is 11.3 Å². The first-order valence-corrected chi connectivity index (χ1v) is 7.16. The molecule has 1 aromatic heterocycles. The van der Waals surface area contributed by atoms with Crippen LogP contribution in [0.25, 0.3) is 10.6 Å². The summed E-state index contributed by atoms with van der Waals surface area (Å²) < 4.78 is 1.01. The Balaban J connectivity index is 2.22. The maximum Gasteiger partial charge on any atom is 0.304 e. The lowest BCUT2D eigenvalue weighted by atomic mass is 10.1. The fourth-order valence-corrected chi connectivity index (χ4v) is 2.97. The van der Waals surface area contributed by atoms with E-state index >= 15 is 0 Å². The van der Waals surface area contributed by atoms with E-state index < -0.39 is 5.97 Å². The van der Waals surface area contributed by atoms with E-state index in [4.69, 9.17) is 5.11 Å². The van der Waals surface area contributed by atoms with Gasteiger partial charge in [0.1, 0.15) is 5.01 Å². The first-order valence-electron chi connectivity index (χ1n) is 5.49. The number of halogens is 1. The summed E-state index contributed by atoms with van der Waals surface area (Å²) in [6.45, 7) is 1.88. The molecule has 0 amide bonds. The van der Waals surface area contributed by atoms with Gasteiger partial charge in [-0.05, 0) is 12.1 Å². The van der Waals surface area contributed by atoms with E-state index in [0.29, 0.717) is 0 Å². The number of aliphatic carboxylic acids is 1. The number of hydrogen-bond donors (Lipinski definition) is 1. The highest BCUT2D eigenvalue weighted by Crippen LogP contribution is 2.29. The zero-order valence-electron chi connectivity index (χ0n) is 9.76. The molecule has 0 fully saturated rings. The Kier molecular flexibility index (Phi) is 4.14. The van der Waals surface area contributed by atoms with Crippen LogP contribution in [0.3, 0.4) is 0 Å². The molecule has 5 heteroatoms. The van der Waals surface area contributed by atoms with Crippen LogP contribution in [0.5, 0.6) is 0 Å². The number of thiazole rings is 1. The molecule has 0 bridgehead atoms. The fourth-order valence-electron chi connectivity index (χ4n) is 1.63. The molecule has 1 heterocycles. The van der Waals surface area contributed by atoms with Crippen molar-refractivity contribution in [1.82, 2.24) is 4.98 Å². The lowest BCUT2D eigenvalue weighted by Gasteiger charge is -2.03. The Hall–Kier alpha value is -1.20. The van der Waals surface area contributed by atoms with Gasteiger partial charge >= 0.3 is 5.97 Å². The minimum absolute atomic E-state index is 0.0559. The molecule has 18 heavy (non-hydrogen) atoms. The third-order valence-electron chi connectivity index (χ3n) is 2.58. The van der Waals surface area contributed by atoms with Gasteiger partial charge in [-0.3, -0.25) is 4.79 Å². The van der Waals surface area contributed by atoms with E-state index in [9.17, 15) is 4.79 Å². The van der Waals surface area contributed by atoms with Crippen LogP contribution in [0.1, 0.15) is 25.0 Å². The average molecular weight is 326 g/mol. The van der Waals surface area contributed by atoms with Crippen LogP contribution in [0.2, 0.25) is 0 Å². The molecule has 0 aliphatic carbocycles. The highest BCUT2D eigenvalue weighted by molar-refractivity contribution is 9.10. The van der Waals surface area contributed by atoms with Crippen molar-refractivity contribution in [2.45, 2.75) is 19.3 Å². The third kappa shape index (κ3) is 3.17. The van der Waals surface area contributed by atoms with Crippen LogP contribution in [-0.2, 0) is 4.79 Å². The molecule has 1 unspecified atom stereocenters. The Morgan fingerprint density at radius 2 is 2.33 bits per heavy atom. The minimum atomic E-state index is -0.792. The van der Waals surface area contributed by atoms with Crippen LogP contribution in [0.15, 0.2) is 34.1 Å². The fraction of sp³-hybridized carbons (Fsp3) is 0.231. The molecule has 2 rings (SSSR count). The molecule has 0 aliphatic rings. The predicted octanol–water partition coefficient (Wildman–Crippen LogP) is 4.15. The van der Waals surface area contributed by atoms with E-state index in [1.165, 1.54) is 0 Å². The standard InChI is InChI=1S/C13H12BrNO2S/c1-8(5-12(16)17)11-7-18-13(15-11)9-3-2-4-10(14)6-9/h2-4,6-8H,5H2,1H3,(H,16,17). The summed E-state index contributed by atoms with van der Waals surface area (Å²) in [5, 5.41) is 11.6. The number of carboxylic acids is 1. The molecule has 0 aliphatic heterocycles. The summed E-state index contributed by atoms with van der Waals surface area (Å²) in [6.07, 6.45) is 0.113. The normalized spacial score (nSPS) is 12.3. The van der Waals surface area contributed by atoms with Crippen LogP contribution < -0.4 is 0 Å². The molecular weight excluding hydrogens is 314 g/mol. The number of hydrogen-bond acceptors (Lipinski definition) is 3. The van der Waals surface area contributed by atoms with Gasteiger partial charge in [0, 0.05) is 21.3 Å². The van der Waals surface area contributed by atoms with E-state index in [-0.39, 0.29) is 12.3 Å². The molecule has 0 radical (unpaired) electrons. The highest BCUT2D eigenvalue weighted by atomic mass is 79.9. The number of benzene rings is 1. The summed E-state index contributed by atoms with van der Waals surface area (Å²) in [7, 11) is 0. The largest absolute Gasteiger partial charge is 0.481 e. The molecule has 0 saturated carbocycles. The number of nitrogens with zero attached hydrogens (tertiary/aromatic N) is 1. The second-order valence-electron chi connectivity index (χ2n) is 4.09. The number of rotatable bonds is 4. The molecule has 94 valence electrons. The second-order valence-corrected chi connectivity index (χ2v) is 5.86. The number of carboxylic acid groups (broad SMARTS) is 1. The van der Waals surface area contributed by atoms with Crippen LogP contribution in [0, 0.1) is 0 Å². The van der Waals surface area contributed by atoms with Gasteiger partial charge in [-0.25, -0.2) is 4.98 Å². The summed E-state index contributed by atoms with van der Waals surface area (Å²) in [5.41, 5.74) is 1.89. The van der Waals surface area contributed by atoms with E-state index in [2.05, 4.69) is 20.9 Å². The van der Waals surface area contributed by atoms with E-state index in [0.717, 1.165) is 20.7 Å². The third-order valence-corrected chi connectivity index (χ3v) is 3.98. The molecule has 1 aromatic carbocycles. The van der Waals surface area contributed by atoms with Crippen molar-refractivity contribution in [2.75, 3.05) is 0 Å². The van der Waals surface area contributed by atoms with Gasteiger partial charge in [0.2, 0.25) is 0 Å². The molecule has 1 atom stereocenters. The highest BCUT2D eigenvalue weighted by Gasteiger charge is 2.14. The first kappa shape index (κ1) is 13.2. The van der Waals surface area contributed by atoms with Crippen molar-refractivity contribution in [1.29, 1.82) is 0 Å². The van der Waals surface area contributed by atoms with Crippen molar-refractivity contribution < 1.29 is 9.90 Å². The van der Waals surface area contributed by atoms with Crippen molar-refractivity contribution in [2.24, 2.45) is 0 Å². The van der Waals surface area contributed by atoms with Crippen molar-refractivity contribution in [3.05, 3.63) is 39.8 Å². The van der Waals surface area contributed by atoms with Gasteiger partial charge in [-0.1, -0.05) is 35.0 Å². The first-order chi connectivity index (χ1) is 8.56. The van der Waals surface area contributed by atoms with Gasteiger partial charge in [0.05, 0.1) is 12.1 Å². The Morgan fingerprint density at radius 1 is 1.56 bits per heavy atom. The van der Waals surface area contributed by atoms with Crippen molar-refractivity contribution >= 4 is 33.2 Å². The Bertz CT molecular complexity index is 568. The quantitative estimate of drug-likeness (QED) is 0.918. The Labute approximate surface area is 118 Å². The average Bonchev–Trinajstić information content (AvgIpc) is 2.77. The minimum Gasteiger partial charge on any atom is -0.481 e. The maximum absolute atomic E-state index is 10.7. The predicted molar refractivity (Wildman–Crippen MR) is 75.9 cm³/mol. The Morgan fingerprint density at radius 3 is 3.00 bits per heavy atom. The summed E-state index contributed by atoms with van der Waals surface area (Å²) in [5.74, 6) is -0.848. The molecule has 0 spiro atoms. The number of carbonyl (C=O) groups is 1. The zero-order valence-corrected chi connectivity index (χ0v) is 12.2. The topological polar surface area (TPSA) is 50.2 Å². The molecule has 1 N–H and O–H groups in total. The lowest BCUT2D eigenvalue weighted by molar-refractivity contribution is -0.137.